The molecular formula is C58H58N2OSi2. The Balaban J connectivity index is 1.18. The second kappa shape index (κ2) is 15.1. The normalized spacial score (nSPS) is 13.6. The Kier molecular flexibility index (Phi) is 8.98. The zero-order chi connectivity index (χ0) is 46.6. The number of aromatic nitrogens is 2. The minimum atomic E-state index is -2.37. The lowest BCUT2D eigenvalue weighted by Gasteiger charge is -2.25. The molecule has 0 radical (unpaired) electrons. The van der Waals surface area contributed by atoms with Crippen molar-refractivity contribution in [1.82, 2.24) is 9.55 Å². The van der Waals surface area contributed by atoms with E-state index in [1.165, 1.54) is 43.8 Å². The summed E-state index contributed by atoms with van der Waals surface area (Å²) in [6, 6.07) is 50.1. The first-order valence-electron chi connectivity index (χ1n) is 24.0. The summed E-state index contributed by atoms with van der Waals surface area (Å²) in [4.78, 5) is 5.40. The molecule has 314 valence electrons. The van der Waals surface area contributed by atoms with Crippen LogP contribution < -0.4 is 10.4 Å². The van der Waals surface area contributed by atoms with E-state index in [-0.39, 0.29) is 17.4 Å². The van der Waals surface area contributed by atoms with Crippen LogP contribution in [-0.4, -0.2) is 25.7 Å². The smallest absolute Gasteiger partial charge is 0.149 e. The molecular weight excluding hydrogens is 797 g/mol. The van der Waals surface area contributed by atoms with Gasteiger partial charge in [0.1, 0.15) is 17.0 Å². The Labute approximate surface area is 378 Å². The molecule has 0 bridgehead atoms. The molecule has 5 heteroatoms. The summed E-state index contributed by atoms with van der Waals surface area (Å²) in [5, 5.41) is 8.78. The molecule has 10 rings (SSSR count). The van der Waals surface area contributed by atoms with Crippen molar-refractivity contribution in [3.63, 3.8) is 0 Å². The average molecular weight is 858 g/mol. The van der Waals surface area contributed by atoms with Crippen molar-refractivity contribution in [3.8, 4) is 39.3 Å². The van der Waals surface area contributed by atoms with E-state index >= 15 is 0 Å². The highest BCUT2D eigenvalue weighted by Crippen LogP contribution is 2.44. The molecule has 0 spiro atoms. The maximum Gasteiger partial charge on any atom is 0.149 e. The first-order valence-corrected chi connectivity index (χ1v) is 29.5. The van der Waals surface area contributed by atoms with Gasteiger partial charge in [0.15, 0.2) is 0 Å². The van der Waals surface area contributed by atoms with Crippen molar-refractivity contribution in [2.24, 2.45) is 0 Å². The van der Waals surface area contributed by atoms with E-state index in [9.17, 15) is 0 Å². The number of furan rings is 1. The van der Waals surface area contributed by atoms with Crippen LogP contribution in [0.15, 0.2) is 144 Å². The number of aryl methyl sites for hydroxylation is 1. The number of para-hydroxylation sites is 2. The van der Waals surface area contributed by atoms with E-state index in [4.69, 9.17) is 13.5 Å². The quantitative estimate of drug-likeness (QED) is 0.113. The number of hydrogen-bond donors (Lipinski definition) is 0. The molecule has 0 atom stereocenters. The molecule has 2 heterocycles. The SMILES string of the molecule is [2H]C([2H])([2H])c1ccc(-c2nc3ccccc3n2-c2c(C(C)C)cc(-c3ccc(-c4cc([Si](C)(C)C)cc([Si](C)(C)C)c4)cc3)cc2C(C)C)c2oc3cc4c(ccc5ccccc54)cc3c12. The van der Waals surface area contributed by atoms with Crippen molar-refractivity contribution >= 4 is 81.0 Å². The summed E-state index contributed by atoms with van der Waals surface area (Å²) in [6.07, 6.45) is 0. The van der Waals surface area contributed by atoms with Crippen LogP contribution in [-0.2, 0) is 0 Å². The van der Waals surface area contributed by atoms with Gasteiger partial charge in [0.25, 0.3) is 0 Å². The van der Waals surface area contributed by atoms with E-state index in [1.807, 2.05) is 18.2 Å². The molecule has 8 aromatic carbocycles. The third-order valence-corrected chi connectivity index (χ3v) is 17.2. The van der Waals surface area contributed by atoms with Crippen LogP contribution in [0.3, 0.4) is 0 Å². The highest BCUT2D eigenvalue weighted by Gasteiger charge is 2.27. The third kappa shape index (κ3) is 7.06. The average Bonchev–Trinajstić information content (AvgIpc) is 3.85. The Morgan fingerprint density at radius 2 is 1.16 bits per heavy atom. The maximum absolute atomic E-state index is 8.71. The summed E-state index contributed by atoms with van der Waals surface area (Å²) in [5.74, 6) is 1.05. The van der Waals surface area contributed by atoms with Crippen LogP contribution in [0.1, 0.15) is 60.3 Å². The lowest BCUT2D eigenvalue weighted by molar-refractivity contribution is 0.670. The lowest BCUT2D eigenvalue weighted by Crippen LogP contribution is -2.45. The monoisotopic (exact) mass is 857 g/mol. The van der Waals surface area contributed by atoms with Crippen LogP contribution in [0.4, 0.5) is 0 Å². The zero-order valence-corrected chi connectivity index (χ0v) is 40.2. The number of imidazole rings is 1. The van der Waals surface area contributed by atoms with Crippen LogP contribution in [0.2, 0.25) is 39.3 Å². The van der Waals surface area contributed by atoms with Gasteiger partial charge >= 0.3 is 0 Å². The maximum atomic E-state index is 8.71. The fourth-order valence-corrected chi connectivity index (χ4v) is 12.0. The van der Waals surface area contributed by atoms with E-state index in [1.54, 1.807) is 6.07 Å². The van der Waals surface area contributed by atoms with Crippen molar-refractivity contribution in [2.75, 3.05) is 0 Å². The topological polar surface area (TPSA) is 31.0 Å². The largest absolute Gasteiger partial charge is 0.455 e. The second-order valence-electron chi connectivity index (χ2n) is 20.3. The van der Waals surface area contributed by atoms with E-state index < -0.39 is 23.0 Å². The standard InChI is InChI=1S/C58H58N2OSi2/c1-35(2)48-31-43(39-23-21-38(22-24-39)42-28-44(62(6,7)8)33-45(29-42)63(9,10)11)32-49(36(3)4)56(48)60-53-19-15-14-18-52(53)59-58(60)47-27-20-37(5)55-51-30-41-26-25-40-16-12-13-17-46(40)50(41)34-54(51)61-57(47)55/h12-36H,1-11H3/i5D3. The highest BCUT2D eigenvalue weighted by atomic mass is 28.3. The number of fused-ring (bicyclic) bond motifs is 7. The lowest BCUT2D eigenvalue weighted by atomic mass is 9.87. The molecule has 0 N–H and O–H groups in total. The molecule has 63 heavy (non-hydrogen) atoms. The minimum Gasteiger partial charge on any atom is -0.455 e. The predicted octanol–water partition coefficient (Wildman–Crippen LogP) is 15.9. The summed E-state index contributed by atoms with van der Waals surface area (Å²) < 4.78 is 35.4. The number of rotatable bonds is 8. The van der Waals surface area contributed by atoms with Gasteiger partial charge in [0.05, 0.1) is 38.4 Å². The van der Waals surface area contributed by atoms with Crippen molar-refractivity contribution in [3.05, 3.63) is 156 Å². The van der Waals surface area contributed by atoms with Crippen LogP contribution in [0.5, 0.6) is 0 Å². The molecule has 2 aromatic heterocycles. The van der Waals surface area contributed by atoms with E-state index in [0.29, 0.717) is 22.4 Å². The first kappa shape index (κ1) is 37.5. The van der Waals surface area contributed by atoms with Gasteiger partial charge in [-0.25, -0.2) is 4.98 Å². The molecule has 0 fully saturated rings. The van der Waals surface area contributed by atoms with Crippen molar-refractivity contribution in [2.45, 2.75) is 85.7 Å². The summed E-state index contributed by atoms with van der Waals surface area (Å²) in [7, 11) is -3.08. The molecule has 0 saturated heterocycles. The van der Waals surface area contributed by atoms with Gasteiger partial charge in [-0.1, -0.05) is 174 Å². The number of benzene rings is 8. The van der Waals surface area contributed by atoms with Gasteiger partial charge in [-0.15, -0.1) is 0 Å². The van der Waals surface area contributed by atoms with Crippen LogP contribution in [0.25, 0.3) is 93.8 Å². The second-order valence-corrected chi connectivity index (χ2v) is 30.4. The van der Waals surface area contributed by atoms with Crippen LogP contribution in [0, 0.1) is 6.85 Å². The molecule has 0 aliphatic rings. The fraction of sp³-hybridized carbons (Fsp3) is 0.224. The summed E-state index contributed by atoms with van der Waals surface area (Å²) in [6.45, 7) is 21.4. The minimum absolute atomic E-state index is 0.168. The Morgan fingerprint density at radius 3 is 1.79 bits per heavy atom. The molecule has 0 aliphatic heterocycles. The summed E-state index contributed by atoms with van der Waals surface area (Å²) >= 11 is 0. The molecule has 0 amide bonds. The fourth-order valence-electron chi connectivity index (χ4n) is 9.49. The molecule has 0 aliphatic carbocycles. The van der Waals surface area contributed by atoms with E-state index in [2.05, 4.69) is 187 Å². The Bertz CT molecular complexity index is 3480. The Hall–Kier alpha value is -6.02. The number of hydrogen-bond acceptors (Lipinski definition) is 2. The molecule has 0 saturated carbocycles. The Morgan fingerprint density at radius 1 is 0.556 bits per heavy atom. The predicted molar refractivity (Wildman–Crippen MR) is 279 cm³/mol. The molecule has 3 nitrogen and oxygen atoms in total. The van der Waals surface area contributed by atoms with Gasteiger partial charge in [0, 0.05) is 14.9 Å². The highest BCUT2D eigenvalue weighted by molar-refractivity contribution is 6.91. The van der Waals surface area contributed by atoms with Gasteiger partial charge in [0.2, 0.25) is 0 Å². The molecule has 10 aromatic rings. The van der Waals surface area contributed by atoms with Crippen molar-refractivity contribution in [1.29, 1.82) is 0 Å². The zero-order valence-electron chi connectivity index (χ0n) is 41.2. The van der Waals surface area contributed by atoms with E-state index in [0.717, 1.165) is 49.2 Å². The first-order chi connectivity index (χ1) is 31.3. The van der Waals surface area contributed by atoms with Crippen LogP contribution >= 0.6 is 0 Å². The molecule has 0 unspecified atom stereocenters. The van der Waals surface area contributed by atoms with Gasteiger partial charge in [-0.2, -0.15) is 0 Å². The van der Waals surface area contributed by atoms with Gasteiger partial charge in [-0.3, -0.25) is 4.57 Å². The third-order valence-electron chi connectivity index (χ3n) is 13.1. The number of nitrogens with zero attached hydrogens (tertiary/aromatic N) is 2. The van der Waals surface area contributed by atoms with Gasteiger partial charge in [-0.05, 0) is 122 Å². The van der Waals surface area contributed by atoms with Crippen molar-refractivity contribution < 1.29 is 8.53 Å². The van der Waals surface area contributed by atoms with Gasteiger partial charge < -0.3 is 4.42 Å². The summed E-state index contributed by atoms with van der Waals surface area (Å²) in [5.41, 5.74) is 12.5.